The van der Waals surface area contributed by atoms with Crippen molar-refractivity contribution in [2.75, 3.05) is 37.9 Å². The highest BCUT2D eigenvalue weighted by molar-refractivity contribution is 5.95. The third-order valence-corrected chi connectivity index (χ3v) is 4.47. The number of ether oxygens (including phenoxy) is 2. The fourth-order valence-corrected chi connectivity index (χ4v) is 3.12. The van der Waals surface area contributed by atoms with Gasteiger partial charge in [0.2, 0.25) is 12.7 Å². The lowest BCUT2D eigenvalue weighted by molar-refractivity contribution is 0.0766. The smallest absolute Gasteiger partial charge is 0.254 e. The number of aromatic nitrogens is 2. The van der Waals surface area contributed by atoms with Crippen LogP contribution in [-0.4, -0.2) is 53.7 Å². The summed E-state index contributed by atoms with van der Waals surface area (Å²) in [7, 11) is 0. The molecule has 0 radical (unpaired) electrons. The Bertz CT molecular complexity index is 796. The van der Waals surface area contributed by atoms with Gasteiger partial charge in [0, 0.05) is 43.6 Å². The Balaban J connectivity index is 1.46. The van der Waals surface area contributed by atoms with Crippen LogP contribution in [0.1, 0.15) is 22.5 Å². The summed E-state index contributed by atoms with van der Waals surface area (Å²) in [4.78, 5) is 25.7. The van der Waals surface area contributed by atoms with Crippen LogP contribution in [0, 0.1) is 6.92 Å². The van der Waals surface area contributed by atoms with Gasteiger partial charge in [-0.2, -0.15) is 0 Å². The molecule has 0 atom stereocenters. The Hall–Kier alpha value is -2.83. The molecular formula is C18H20N4O3. The number of hydrogen-bond donors (Lipinski definition) is 0. The Kier molecular flexibility index (Phi) is 4.13. The van der Waals surface area contributed by atoms with Crippen molar-refractivity contribution in [1.29, 1.82) is 0 Å². The minimum Gasteiger partial charge on any atom is -0.454 e. The van der Waals surface area contributed by atoms with E-state index < -0.39 is 0 Å². The summed E-state index contributed by atoms with van der Waals surface area (Å²) >= 11 is 0. The maximum atomic E-state index is 12.8. The molecule has 1 aromatic heterocycles. The quantitative estimate of drug-likeness (QED) is 0.831. The van der Waals surface area contributed by atoms with E-state index in [0.717, 1.165) is 37.7 Å². The fourth-order valence-electron chi connectivity index (χ4n) is 3.12. The van der Waals surface area contributed by atoms with Crippen LogP contribution in [0.15, 0.2) is 30.5 Å². The molecule has 0 aliphatic carbocycles. The molecular weight excluding hydrogens is 320 g/mol. The Morgan fingerprint density at radius 2 is 1.96 bits per heavy atom. The predicted molar refractivity (Wildman–Crippen MR) is 92.1 cm³/mol. The first-order valence-electron chi connectivity index (χ1n) is 8.44. The van der Waals surface area contributed by atoms with Crippen molar-refractivity contribution in [2.45, 2.75) is 13.3 Å². The molecule has 0 bridgehead atoms. The van der Waals surface area contributed by atoms with Crippen molar-refractivity contribution in [3.05, 3.63) is 41.7 Å². The van der Waals surface area contributed by atoms with E-state index in [4.69, 9.17) is 9.47 Å². The van der Waals surface area contributed by atoms with Crippen molar-refractivity contribution < 1.29 is 14.3 Å². The number of carbonyl (C=O) groups excluding carboxylic acids is 1. The summed E-state index contributed by atoms with van der Waals surface area (Å²) in [6.07, 6.45) is 2.66. The molecule has 2 aromatic rings. The molecule has 2 aliphatic heterocycles. The van der Waals surface area contributed by atoms with E-state index >= 15 is 0 Å². The van der Waals surface area contributed by atoms with Gasteiger partial charge in [0.1, 0.15) is 0 Å². The largest absolute Gasteiger partial charge is 0.454 e. The van der Waals surface area contributed by atoms with Crippen molar-refractivity contribution in [3.63, 3.8) is 0 Å². The molecule has 4 rings (SSSR count). The molecule has 1 aromatic carbocycles. The number of anilines is 1. The number of nitrogens with zero attached hydrogens (tertiary/aromatic N) is 4. The second-order valence-corrected chi connectivity index (χ2v) is 6.20. The van der Waals surface area contributed by atoms with Gasteiger partial charge < -0.3 is 19.3 Å². The molecule has 0 saturated carbocycles. The molecule has 0 unspecified atom stereocenters. The molecule has 2 aliphatic rings. The van der Waals surface area contributed by atoms with E-state index in [2.05, 4.69) is 14.9 Å². The molecule has 1 saturated heterocycles. The molecule has 7 nitrogen and oxygen atoms in total. The van der Waals surface area contributed by atoms with E-state index in [1.54, 1.807) is 24.4 Å². The number of carbonyl (C=O) groups is 1. The van der Waals surface area contributed by atoms with Gasteiger partial charge in [-0.25, -0.2) is 9.97 Å². The van der Waals surface area contributed by atoms with E-state index in [1.165, 1.54) is 0 Å². The number of fused-ring (bicyclic) bond motifs is 1. The molecule has 0 N–H and O–H groups in total. The van der Waals surface area contributed by atoms with Gasteiger partial charge in [-0.1, -0.05) is 0 Å². The topological polar surface area (TPSA) is 67.8 Å². The Morgan fingerprint density at radius 3 is 2.84 bits per heavy atom. The Labute approximate surface area is 146 Å². The van der Waals surface area contributed by atoms with Crippen LogP contribution in [0.5, 0.6) is 11.5 Å². The number of amides is 1. The minimum absolute atomic E-state index is 0.0188. The lowest BCUT2D eigenvalue weighted by atomic mass is 10.1. The maximum Gasteiger partial charge on any atom is 0.254 e. The van der Waals surface area contributed by atoms with Crippen molar-refractivity contribution in [1.82, 2.24) is 14.9 Å². The lowest BCUT2D eigenvalue weighted by Gasteiger charge is -2.22. The van der Waals surface area contributed by atoms with Crippen LogP contribution in [0.2, 0.25) is 0 Å². The van der Waals surface area contributed by atoms with Crippen molar-refractivity contribution in [2.24, 2.45) is 0 Å². The van der Waals surface area contributed by atoms with Gasteiger partial charge in [0.05, 0.1) is 0 Å². The zero-order valence-electron chi connectivity index (χ0n) is 14.1. The minimum atomic E-state index is 0.0188. The second kappa shape index (κ2) is 6.58. The number of benzene rings is 1. The highest BCUT2D eigenvalue weighted by Crippen LogP contribution is 2.32. The molecule has 1 amide bonds. The molecule has 25 heavy (non-hydrogen) atoms. The third-order valence-electron chi connectivity index (χ3n) is 4.47. The second-order valence-electron chi connectivity index (χ2n) is 6.20. The van der Waals surface area contributed by atoms with Crippen LogP contribution in [0.4, 0.5) is 5.95 Å². The van der Waals surface area contributed by atoms with Crippen LogP contribution < -0.4 is 14.4 Å². The normalized spacial score (nSPS) is 16.7. The zero-order chi connectivity index (χ0) is 17.2. The molecule has 130 valence electrons. The lowest BCUT2D eigenvalue weighted by Crippen LogP contribution is -2.35. The van der Waals surface area contributed by atoms with Crippen molar-refractivity contribution in [3.8, 4) is 11.5 Å². The maximum absolute atomic E-state index is 12.8. The van der Waals surface area contributed by atoms with Crippen LogP contribution >= 0.6 is 0 Å². The summed E-state index contributed by atoms with van der Waals surface area (Å²) in [6, 6.07) is 7.23. The molecule has 0 spiro atoms. The number of hydrogen-bond acceptors (Lipinski definition) is 6. The zero-order valence-corrected chi connectivity index (χ0v) is 14.1. The summed E-state index contributed by atoms with van der Waals surface area (Å²) in [5, 5.41) is 0. The van der Waals surface area contributed by atoms with E-state index in [-0.39, 0.29) is 12.7 Å². The van der Waals surface area contributed by atoms with E-state index in [9.17, 15) is 4.79 Å². The number of rotatable bonds is 2. The third kappa shape index (κ3) is 3.22. The highest BCUT2D eigenvalue weighted by Gasteiger charge is 2.23. The first-order chi connectivity index (χ1) is 12.2. The molecule has 3 heterocycles. The van der Waals surface area contributed by atoms with Gasteiger partial charge in [0.25, 0.3) is 5.91 Å². The number of aryl methyl sites for hydroxylation is 1. The van der Waals surface area contributed by atoms with Gasteiger partial charge in [0.15, 0.2) is 11.5 Å². The summed E-state index contributed by atoms with van der Waals surface area (Å²) in [5.74, 6) is 2.08. The van der Waals surface area contributed by atoms with Crippen LogP contribution in [0.25, 0.3) is 0 Å². The van der Waals surface area contributed by atoms with Crippen LogP contribution in [-0.2, 0) is 0 Å². The van der Waals surface area contributed by atoms with Gasteiger partial charge >= 0.3 is 0 Å². The van der Waals surface area contributed by atoms with Crippen LogP contribution in [0.3, 0.4) is 0 Å². The summed E-state index contributed by atoms with van der Waals surface area (Å²) < 4.78 is 10.7. The first kappa shape index (κ1) is 15.7. The summed E-state index contributed by atoms with van der Waals surface area (Å²) in [5.41, 5.74) is 1.58. The van der Waals surface area contributed by atoms with Gasteiger partial charge in [-0.3, -0.25) is 4.79 Å². The first-order valence-corrected chi connectivity index (χ1v) is 8.44. The van der Waals surface area contributed by atoms with Crippen molar-refractivity contribution >= 4 is 11.9 Å². The predicted octanol–water partition coefficient (Wildman–Crippen LogP) is 1.87. The average Bonchev–Trinajstić information content (AvgIpc) is 2.95. The molecule has 7 heteroatoms. The standard InChI is InChI=1S/C18H20N4O3/c1-13-5-6-19-18(20-13)22-8-2-7-21(9-10-22)17(23)14-3-4-15-16(11-14)25-12-24-15/h3-6,11H,2,7-10,12H2,1H3. The van der Waals surface area contributed by atoms with E-state index in [0.29, 0.717) is 23.6 Å². The average molecular weight is 340 g/mol. The molecule has 1 fully saturated rings. The monoisotopic (exact) mass is 340 g/mol. The van der Waals surface area contributed by atoms with Gasteiger partial charge in [-0.15, -0.1) is 0 Å². The van der Waals surface area contributed by atoms with E-state index in [1.807, 2.05) is 17.9 Å². The fraction of sp³-hybridized carbons (Fsp3) is 0.389. The summed E-state index contributed by atoms with van der Waals surface area (Å²) in [6.45, 7) is 5.09. The van der Waals surface area contributed by atoms with Gasteiger partial charge in [-0.05, 0) is 37.6 Å². The SMILES string of the molecule is Cc1ccnc(N2CCCN(C(=O)c3ccc4c(c3)OCO4)CC2)n1. The highest BCUT2D eigenvalue weighted by atomic mass is 16.7. The Morgan fingerprint density at radius 1 is 1.08 bits per heavy atom.